The van der Waals surface area contributed by atoms with Crippen LogP contribution in [-0.2, 0) is 11.2 Å². The number of para-hydroxylation sites is 1. The fourth-order valence-corrected chi connectivity index (χ4v) is 3.68. The Balaban J connectivity index is 2.02. The number of benzene rings is 1. The van der Waals surface area contributed by atoms with Crippen LogP contribution in [0.15, 0.2) is 24.3 Å². The van der Waals surface area contributed by atoms with Gasteiger partial charge in [-0.2, -0.15) is 11.8 Å². The molecule has 0 aliphatic carbocycles. The van der Waals surface area contributed by atoms with Gasteiger partial charge in [0.2, 0.25) is 5.91 Å². The number of hydrogen-bond acceptors (Lipinski definition) is 3. The molecule has 2 unspecified atom stereocenters. The zero-order chi connectivity index (χ0) is 13.1. The monoisotopic (exact) mass is 264 g/mol. The lowest BCUT2D eigenvalue weighted by molar-refractivity contribution is -0.130. The van der Waals surface area contributed by atoms with Gasteiger partial charge < -0.3 is 10.6 Å². The molecule has 98 valence electrons. The Morgan fingerprint density at radius 3 is 2.56 bits per heavy atom. The second-order valence-corrected chi connectivity index (χ2v) is 6.81. The molecule has 2 atom stereocenters. The first kappa shape index (κ1) is 13.3. The number of nitrogens with two attached hydrogens (primary N) is 1. The standard InChI is InChI=1S/C14H20N2OS/c1-10-8-16(9-11(2)18-10)14(17)7-12-5-3-4-6-13(12)15/h3-6,10-11H,7-9,15H2,1-2H3. The van der Waals surface area contributed by atoms with Crippen molar-refractivity contribution in [3.05, 3.63) is 29.8 Å². The lowest BCUT2D eigenvalue weighted by Crippen LogP contribution is -2.44. The average Bonchev–Trinajstić information content (AvgIpc) is 2.31. The Kier molecular flexibility index (Phi) is 4.17. The number of thioether (sulfide) groups is 1. The lowest BCUT2D eigenvalue weighted by Gasteiger charge is -2.34. The van der Waals surface area contributed by atoms with E-state index in [2.05, 4.69) is 13.8 Å². The highest BCUT2D eigenvalue weighted by Gasteiger charge is 2.25. The highest BCUT2D eigenvalue weighted by atomic mass is 32.2. The van der Waals surface area contributed by atoms with E-state index < -0.39 is 0 Å². The Morgan fingerprint density at radius 1 is 1.33 bits per heavy atom. The minimum absolute atomic E-state index is 0.187. The molecule has 0 radical (unpaired) electrons. The number of carbonyl (C=O) groups is 1. The quantitative estimate of drug-likeness (QED) is 0.833. The van der Waals surface area contributed by atoms with Crippen LogP contribution in [0.4, 0.5) is 5.69 Å². The maximum atomic E-state index is 12.3. The Bertz CT molecular complexity index is 426. The van der Waals surface area contributed by atoms with Crippen molar-refractivity contribution in [2.45, 2.75) is 30.8 Å². The number of rotatable bonds is 2. The molecule has 1 fully saturated rings. The zero-order valence-corrected chi connectivity index (χ0v) is 11.7. The van der Waals surface area contributed by atoms with Crippen molar-refractivity contribution in [2.75, 3.05) is 18.8 Å². The second kappa shape index (κ2) is 5.65. The summed E-state index contributed by atoms with van der Waals surface area (Å²) in [6.45, 7) is 6.05. The van der Waals surface area contributed by atoms with Crippen molar-refractivity contribution in [1.82, 2.24) is 4.90 Å². The molecule has 18 heavy (non-hydrogen) atoms. The maximum Gasteiger partial charge on any atom is 0.227 e. The zero-order valence-electron chi connectivity index (χ0n) is 10.9. The number of anilines is 1. The summed E-state index contributed by atoms with van der Waals surface area (Å²) < 4.78 is 0. The SMILES string of the molecule is CC1CN(C(=O)Cc2ccccc2N)CC(C)S1. The van der Waals surface area contributed by atoms with Crippen LogP contribution in [-0.4, -0.2) is 34.4 Å². The van der Waals surface area contributed by atoms with E-state index in [1.807, 2.05) is 40.9 Å². The summed E-state index contributed by atoms with van der Waals surface area (Å²) in [7, 11) is 0. The maximum absolute atomic E-state index is 12.3. The predicted octanol–water partition coefficient (Wildman–Crippen LogP) is 2.16. The molecule has 1 aliphatic rings. The fourth-order valence-electron chi connectivity index (χ4n) is 2.35. The van der Waals surface area contributed by atoms with E-state index in [1.165, 1.54) is 0 Å². The third-order valence-electron chi connectivity index (χ3n) is 3.17. The van der Waals surface area contributed by atoms with Gasteiger partial charge in [-0.25, -0.2) is 0 Å². The van der Waals surface area contributed by atoms with Crippen molar-refractivity contribution in [2.24, 2.45) is 0 Å². The van der Waals surface area contributed by atoms with Gasteiger partial charge >= 0.3 is 0 Å². The number of hydrogen-bond donors (Lipinski definition) is 1. The van der Waals surface area contributed by atoms with E-state index in [9.17, 15) is 4.79 Å². The van der Waals surface area contributed by atoms with Crippen LogP contribution in [0.5, 0.6) is 0 Å². The molecule has 1 saturated heterocycles. The first-order chi connectivity index (χ1) is 8.56. The molecule has 0 saturated carbocycles. The molecule has 2 rings (SSSR count). The molecule has 0 spiro atoms. The smallest absolute Gasteiger partial charge is 0.227 e. The molecule has 1 amide bonds. The minimum atomic E-state index is 0.187. The third kappa shape index (κ3) is 3.19. The van der Waals surface area contributed by atoms with Crippen LogP contribution in [0, 0.1) is 0 Å². The summed E-state index contributed by atoms with van der Waals surface area (Å²) in [5, 5.41) is 1.04. The largest absolute Gasteiger partial charge is 0.398 e. The average molecular weight is 264 g/mol. The van der Waals surface area contributed by atoms with Gasteiger partial charge in [-0.05, 0) is 11.6 Å². The second-order valence-electron chi connectivity index (χ2n) is 4.93. The van der Waals surface area contributed by atoms with Gasteiger partial charge in [-0.1, -0.05) is 32.0 Å². The van der Waals surface area contributed by atoms with Crippen molar-refractivity contribution in [3.8, 4) is 0 Å². The van der Waals surface area contributed by atoms with Gasteiger partial charge in [0, 0.05) is 29.3 Å². The number of nitrogens with zero attached hydrogens (tertiary/aromatic N) is 1. The van der Waals surface area contributed by atoms with Gasteiger partial charge in [0.05, 0.1) is 6.42 Å². The Labute approximate surface area is 113 Å². The van der Waals surface area contributed by atoms with Gasteiger partial charge in [-0.3, -0.25) is 4.79 Å². The lowest BCUT2D eigenvalue weighted by atomic mass is 10.1. The van der Waals surface area contributed by atoms with Crippen LogP contribution in [0.2, 0.25) is 0 Å². The van der Waals surface area contributed by atoms with E-state index in [1.54, 1.807) is 0 Å². The topological polar surface area (TPSA) is 46.3 Å². The van der Waals surface area contributed by atoms with Crippen LogP contribution in [0.25, 0.3) is 0 Å². The summed E-state index contributed by atoms with van der Waals surface area (Å²) in [5.41, 5.74) is 7.52. The van der Waals surface area contributed by atoms with Crippen LogP contribution >= 0.6 is 11.8 Å². The van der Waals surface area contributed by atoms with Gasteiger partial charge in [0.1, 0.15) is 0 Å². The molecule has 2 N–H and O–H groups in total. The van der Waals surface area contributed by atoms with E-state index in [0.29, 0.717) is 22.6 Å². The van der Waals surface area contributed by atoms with Crippen LogP contribution in [0.3, 0.4) is 0 Å². The normalized spacial score (nSPS) is 24.0. The van der Waals surface area contributed by atoms with Crippen molar-refractivity contribution < 1.29 is 4.79 Å². The Morgan fingerprint density at radius 2 is 1.94 bits per heavy atom. The van der Waals surface area contributed by atoms with E-state index in [-0.39, 0.29) is 5.91 Å². The summed E-state index contributed by atoms with van der Waals surface area (Å²) in [6.07, 6.45) is 0.413. The van der Waals surface area contributed by atoms with Gasteiger partial charge in [-0.15, -0.1) is 0 Å². The summed E-state index contributed by atoms with van der Waals surface area (Å²) >= 11 is 1.95. The Hall–Kier alpha value is -1.16. The van der Waals surface area contributed by atoms with Crippen LogP contribution < -0.4 is 5.73 Å². The number of carbonyl (C=O) groups excluding carboxylic acids is 1. The summed E-state index contributed by atoms with van der Waals surface area (Å²) in [5.74, 6) is 0.187. The fraction of sp³-hybridized carbons (Fsp3) is 0.500. The van der Waals surface area contributed by atoms with Gasteiger partial charge in [0.15, 0.2) is 0 Å². The molecular weight excluding hydrogens is 244 g/mol. The first-order valence-corrected chi connectivity index (χ1v) is 7.27. The predicted molar refractivity (Wildman–Crippen MR) is 77.7 cm³/mol. The highest BCUT2D eigenvalue weighted by molar-refractivity contribution is 8.00. The summed E-state index contributed by atoms with van der Waals surface area (Å²) in [6, 6.07) is 7.60. The van der Waals surface area contributed by atoms with Gasteiger partial charge in [0.25, 0.3) is 0 Å². The molecule has 0 bridgehead atoms. The molecule has 1 aromatic rings. The van der Waals surface area contributed by atoms with E-state index >= 15 is 0 Å². The third-order valence-corrected chi connectivity index (χ3v) is 4.40. The molecule has 1 aliphatic heterocycles. The molecule has 1 aromatic carbocycles. The van der Waals surface area contributed by atoms with E-state index in [4.69, 9.17) is 5.73 Å². The molecular formula is C14H20N2OS. The highest BCUT2D eigenvalue weighted by Crippen LogP contribution is 2.25. The number of nitrogen functional groups attached to an aromatic ring is 1. The van der Waals surface area contributed by atoms with Crippen molar-refractivity contribution >= 4 is 23.4 Å². The minimum Gasteiger partial charge on any atom is -0.398 e. The molecule has 3 nitrogen and oxygen atoms in total. The number of amides is 1. The molecule has 4 heteroatoms. The van der Waals surface area contributed by atoms with Crippen molar-refractivity contribution in [3.63, 3.8) is 0 Å². The summed E-state index contributed by atoms with van der Waals surface area (Å²) in [4.78, 5) is 14.2. The first-order valence-electron chi connectivity index (χ1n) is 6.33. The molecule has 0 aromatic heterocycles. The van der Waals surface area contributed by atoms with Crippen LogP contribution in [0.1, 0.15) is 19.4 Å². The van der Waals surface area contributed by atoms with E-state index in [0.717, 1.165) is 18.7 Å². The van der Waals surface area contributed by atoms with Crippen molar-refractivity contribution in [1.29, 1.82) is 0 Å². The molecule has 1 heterocycles.